The summed E-state index contributed by atoms with van der Waals surface area (Å²) < 4.78 is 10.5. The number of ether oxygens (including phenoxy) is 2. The van der Waals surface area contributed by atoms with E-state index in [2.05, 4.69) is 0 Å². The minimum Gasteiger partial charge on any atom is -0.460 e. The van der Waals surface area contributed by atoms with Crippen LogP contribution in [0.3, 0.4) is 0 Å². The molecule has 88 valence electrons. The lowest BCUT2D eigenvalue weighted by atomic mass is 9.85. The van der Waals surface area contributed by atoms with Gasteiger partial charge in [0.15, 0.2) is 0 Å². The molecule has 0 aromatic rings. The van der Waals surface area contributed by atoms with Crippen LogP contribution >= 0.6 is 0 Å². The summed E-state index contributed by atoms with van der Waals surface area (Å²) in [5.41, 5.74) is -0.733. The highest BCUT2D eigenvalue weighted by atomic mass is 16.6. The maximum Gasteiger partial charge on any atom is 0.314 e. The first-order valence-electron chi connectivity index (χ1n) is 5.79. The molecular formula is C12H16O4. The number of hydrogen-bond donors (Lipinski definition) is 0. The van der Waals surface area contributed by atoms with Crippen molar-refractivity contribution >= 4 is 11.9 Å². The van der Waals surface area contributed by atoms with E-state index in [1.165, 1.54) is 0 Å². The van der Waals surface area contributed by atoms with E-state index in [0.29, 0.717) is 5.92 Å². The summed E-state index contributed by atoms with van der Waals surface area (Å²) >= 11 is 0. The van der Waals surface area contributed by atoms with E-state index in [1.807, 2.05) is 20.8 Å². The van der Waals surface area contributed by atoms with Crippen LogP contribution in [0.25, 0.3) is 0 Å². The summed E-state index contributed by atoms with van der Waals surface area (Å²) in [5, 5.41) is 0. The van der Waals surface area contributed by atoms with Gasteiger partial charge in [-0.25, -0.2) is 0 Å². The molecule has 16 heavy (non-hydrogen) atoms. The van der Waals surface area contributed by atoms with Crippen molar-refractivity contribution in [3.63, 3.8) is 0 Å². The molecule has 4 heteroatoms. The smallest absolute Gasteiger partial charge is 0.314 e. The Morgan fingerprint density at radius 2 is 2.19 bits per heavy atom. The third-order valence-electron chi connectivity index (χ3n) is 3.82. The molecule has 4 atom stereocenters. The molecule has 0 aromatic carbocycles. The first kappa shape index (κ1) is 10.1. The van der Waals surface area contributed by atoms with Gasteiger partial charge in [0.25, 0.3) is 0 Å². The van der Waals surface area contributed by atoms with E-state index >= 15 is 0 Å². The highest BCUT2D eigenvalue weighted by Crippen LogP contribution is 2.69. The predicted octanol–water partition coefficient (Wildman–Crippen LogP) is 1.28. The second kappa shape index (κ2) is 2.60. The Hall–Kier alpha value is -1.06. The average molecular weight is 224 g/mol. The molecule has 0 radical (unpaired) electrons. The lowest BCUT2D eigenvalue weighted by Gasteiger charge is -2.36. The Bertz CT molecular complexity index is 381. The lowest BCUT2D eigenvalue weighted by Crippen LogP contribution is -2.51. The third-order valence-corrected chi connectivity index (χ3v) is 3.82. The first-order chi connectivity index (χ1) is 7.33. The normalized spacial score (nSPS) is 43.9. The van der Waals surface area contributed by atoms with E-state index in [-0.39, 0.29) is 29.4 Å². The van der Waals surface area contributed by atoms with Crippen LogP contribution < -0.4 is 0 Å². The summed E-state index contributed by atoms with van der Waals surface area (Å²) in [6.45, 7) is 5.53. The van der Waals surface area contributed by atoms with Gasteiger partial charge in [-0.3, -0.25) is 9.59 Å². The van der Waals surface area contributed by atoms with E-state index in [9.17, 15) is 9.59 Å². The van der Waals surface area contributed by atoms with Gasteiger partial charge < -0.3 is 9.47 Å². The van der Waals surface area contributed by atoms with Gasteiger partial charge in [0.2, 0.25) is 0 Å². The van der Waals surface area contributed by atoms with Crippen molar-refractivity contribution in [3.8, 4) is 0 Å². The minimum absolute atomic E-state index is 0.212. The molecule has 1 heterocycles. The van der Waals surface area contributed by atoms with Crippen LogP contribution in [-0.2, 0) is 19.1 Å². The Balaban J connectivity index is 1.73. The van der Waals surface area contributed by atoms with Crippen molar-refractivity contribution in [2.75, 3.05) is 0 Å². The Morgan fingerprint density at radius 3 is 2.75 bits per heavy atom. The monoisotopic (exact) mass is 224 g/mol. The fourth-order valence-electron chi connectivity index (χ4n) is 3.13. The first-order valence-corrected chi connectivity index (χ1v) is 5.79. The minimum atomic E-state index is -0.481. The number of carbonyl (C=O) groups excluding carboxylic acids is 2. The van der Waals surface area contributed by atoms with Crippen LogP contribution in [0.4, 0.5) is 0 Å². The van der Waals surface area contributed by atoms with Gasteiger partial charge in [0.1, 0.15) is 17.1 Å². The maximum absolute atomic E-state index is 11.9. The summed E-state index contributed by atoms with van der Waals surface area (Å²) in [6, 6.07) is 0. The average Bonchev–Trinajstić information content (AvgIpc) is 2.71. The van der Waals surface area contributed by atoms with E-state index in [0.717, 1.165) is 12.8 Å². The molecule has 4 nitrogen and oxygen atoms in total. The second-order valence-electron chi connectivity index (χ2n) is 6.13. The molecule has 0 N–H and O–H groups in total. The van der Waals surface area contributed by atoms with E-state index < -0.39 is 5.60 Å². The van der Waals surface area contributed by atoms with Crippen LogP contribution in [0.2, 0.25) is 0 Å². The molecule has 0 aromatic heterocycles. The molecule has 2 aliphatic carbocycles. The van der Waals surface area contributed by atoms with Crippen molar-refractivity contribution in [2.45, 2.75) is 44.8 Å². The van der Waals surface area contributed by atoms with Gasteiger partial charge in [-0.15, -0.1) is 0 Å². The second-order valence-corrected chi connectivity index (χ2v) is 6.13. The Labute approximate surface area is 94.3 Å². The van der Waals surface area contributed by atoms with Crippen LogP contribution in [0.15, 0.2) is 0 Å². The number of carbonyl (C=O) groups is 2. The van der Waals surface area contributed by atoms with Gasteiger partial charge >= 0.3 is 11.9 Å². The summed E-state index contributed by atoms with van der Waals surface area (Å²) in [7, 11) is 0. The quantitative estimate of drug-likeness (QED) is 0.629. The lowest BCUT2D eigenvalue weighted by molar-refractivity contribution is -0.198. The van der Waals surface area contributed by atoms with Gasteiger partial charge in [0, 0.05) is 5.92 Å². The highest BCUT2D eigenvalue weighted by molar-refractivity contribution is 5.90. The number of hydrogen-bond acceptors (Lipinski definition) is 4. The van der Waals surface area contributed by atoms with Crippen molar-refractivity contribution in [3.05, 3.63) is 0 Å². The topological polar surface area (TPSA) is 52.6 Å². The molecule has 3 fully saturated rings. The van der Waals surface area contributed by atoms with Crippen molar-refractivity contribution in [1.82, 2.24) is 0 Å². The molecule has 4 unspecified atom stereocenters. The van der Waals surface area contributed by atoms with Gasteiger partial charge in [0.05, 0.1) is 5.92 Å². The number of esters is 2. The maximum atomic E-state index is 11.9. The molecule has 3 rings (SSSR count). The molecule has 2 saturated carbocycles. The summed E-state index contributed by atoms with van der Waals surface area (Å²) in [4.78, 5) is 23.3. The Morgan fingerprint density at radius 1 is 1.50 bits per heavy atom. The third kappa shape index (κ3) is 1.16. The van der Waals surface area contributed by atoms with Crippen LogP contribution in [-0.4, -0.2) is 23.1 Å². The zero-order valence-electron chi connectivity index (χ0n) is 9.78. The highest BCUT2D eigenvalue weighted by Gasteiger charge is 2.79. The molecule has 0 amide bonds. The van der Waals surface area contributed by atoms with Crippen molar-refractivity contribution in [1.29, 1.82) is 0 Å². The molecule has 0 bridgehead atoms. The SMILES string of the molecule is CC(C)(C)OC(=O)C1CC2CC23OC(=O)C13. The van der Waals surface area contributed by atoms with Crippen LogP contribution in [0.5, 0.6) is 0 Å². The standard InChI is InChI=1S/C12H16O4/c1-11(2,3)15-9(13)7-4-6-5-12(6)8(7)10(14)16-12/h6-8H,4-5H2,1-3H3. The van der Waals surface area contributed by atoms with Crippen molar-refractivity contribution in [2.24, 2.45) is 17.8 Å². The zero-order valence-corrected chi connectivity index (χ0v) is 9.78. The fourth-order valence-corrected chi connectivity index (χ4v) is 3.13. The molecule has 1 spiro atoms. The van der Waals surface area contributed by atoms with E-state index in [1.54, 1.807) is 0 Å². The van der Waals surface area contributed by atoms with Crippen LogP contribution in [0.1, 0.15) is 33.6 Å². The largest absolute Gasteiger partial charge is 0.460 e. The molecule has 3 aliphatic rings. The summed E-state index contributed by atoms with van der Waals surface area (Å²) in [5.74, 6) is -0.518. The van der Waals surface area contributed by atoms with Gasteiger partial charge in [-0.1, -0.05) is 0 Å². The van der Waals surface area contributed by atoms with Gasteiger partial charge in [-0.05, 0) is 33.6 Å². The molecule has 1 saturated heterocycles. The Kier molecular flexibility index (Phi) is 1.65. The zero-order chi connectivity index (χ0) is 11.7. The van der Waals surface area contributed by atoms with Crippen molar-refractivity contribution < 1.29 is 19.1 Å². The van der Waals surface area contributed by atoms with Gasteiger partial charge in [-0.2, -0.15) is 0 Å². The van der Waals surface area contributed by atoms with Crippen LogP contribution in [0, 0.1) is 17.8 Å². The fraction of sp³-hybridized carbons (Fsp3) is 0.833. The van der Waals surface area contributed by atoms with E-state index in [4.69, 9.17) is 9.47 Å². The molecular weight excluding hydrogens is 208 g/mol. The number of rotatable bonds is 1. The summed E-state index contributed by atoms with van der Waals surface area (Å²) in [6.07, 6.45) is 1.70. The molecule has 1 aliphatic heterocycles. The predicted molar refractivity (Wildman–Crippen MR) is 54.4 cm³/mol.